The summed E-state index contributed by atoms with van der Waals surface area (Å²) in [6, 6.07) is 17.6. The Balaban J connectivity index is 1.63. The van der Waals surface area contributed by atoms with Crippen molar-refractivity contribution in [1.82, 2.24) is 4.31 Å². The van der Waals surface area contributed by atoms with Crippen LogP contribution in [0.1, 0.15) is 32.1 Å². The third kappa shape index (κ3) is 5.16. The van der Waals surface area contributed by atoms with E-state index >= 15 is 0 Å². The number of carbonyl (C=O) groups is 1. The molecular weight excluding hydrogens is 460 g/mol. The molecular formula is C25H27ClN2O4S. The van der Waals surface area contributed by atoms with Gasteiger partial charge in [0.15, 0.2) is 0 Å². The second-order valence-electron chi connectivity index (χ2n) is 8.21. The molecule has 174 valence electrons. The van der Waals surface area contributed by atoms with Gasteiger partial charge in [0.05, 0.1) is 23.6 Å². The number of rotatable bonds is 7. The average molecular weight is 487 g/mol. The Morgan fingerprint density at radius 3 is 2.52 bits per heavy atom. The van der Waals surface area contributed by atoms with E-state index in [1.54, 1.807) is 0 Å². The van der Waals surface area contributed by atoms with Crippen molar-refractivity contribution in [3.05, 3.63) is 65.7 Å². The van der Waals surface area contributed by atoms with Crippen LogP contribution in [0.5, 0.6) is 5.75 Å². The minimum Gasteiger partial charge on any atom is -0.495 e. The van der Waals surface area contributed by atoms with E-state index in [1.165, 1.54) is 29.6 Å². The summed E-state index contributed by atoms with van der Waals surface area (Å²) in [6.07, 6.45) is 4.40. The van der Waals surface area contributed by atoms with Crippen LogP contribution in [-0.2, 0) is 14.8 Å². The van der Waals surface area contributed by atoms with Crippen LogP contribution >= 0.6 is 11.6 Å². The molecule has 0 aliphatic heterocycles. The zero-order chi connectivity index (χ0) is 23.4. The standard InChI is InChI=1S/C25H27ClN2O4S/c1-32-24-15-14-20(16-22(24)26)33(30,31)28(19-10-3-2-4-11-19)17-25(29)27-23-13-7-9-18-8-5-6-12-21(18)23/h5-9,12-16,19H,2-4,10-11,17H2,1H3,(H,27,29). The van der Waals surface area contributed by atoms with E-state index < -0.39 is 10.0 Å². The molecule has 8 heteroatoms. The monoisotopic (exact) mass is 486 g/mol. The maximum Gasteiger partial charge on any atom is 0.243 e. The normalized spacial score (nSPS) is 15.0. The average Bonchev–Trinajstić information content (AvgIpc) is 2.83. The van der Waals surface area contributed by atoms with Crippen LogP contribution in [0.25, 0.3) is 10.8 Å². The predicted octanol–water partition coefficient (Wildman–Crippen LogP) is 5.46. The number of ether oxygens (including phenoxy) is 1. The van der Waals surface area contributed by atoms with Gasteiger partial charge in [-0.05, 0) is 42.5 Å². The molecule has 1 N–H and O–H groups in total. The number of anilines is 1. The second kappa shape index (κ2) is 10.1. The number of halogens is 1. The molecule has 6 nitrogen and oxygen atoms in total. The highest BCUT2D eigenvalue weighted by Crippen LogP contribution is 2.32. The predicted molar refractivity (Wildman–Crippen MR) is 131 cm³/mol. The van der Waals surface area contributed by atoms with Crippen molar-refractivity contribution in [1.29, 1.82) is 0 Å². The molecule has 1 aliphatic rings. The van der Waals surface area contributed by atoms with Crippen LogP contribution in [0.15, 0.2) is 65.6 Å². The molecule has 0 spiro atoms. The van der Waals surface area contributed by atoms with Gasteiger partial charge < -0.3 is 10.1 Å². The molecule has 0 heterocycles. The molecule has 1 amide bonds. The Labute approximate surface area is 199 Å². The zero-order valence-corrected chi connectivity index (χ0v) is 20.0. The van der Waals surface area contributed by atoms with Gasteiger partial charge in [-0.1, -0.05) is 67.3 Å². The summed E-state index contributed by atoms with van der Waals surface area (Å²) in [5, 5.41) is 5.03. The third-order valence-corrected chi connectivity index (χ3v) is 8.26. The van der Waals surface area contributed by atoms with Gasteiger partial charge in [0, 0.05) is 17.1 Å². The minimum atomic E-state index is -3.95. The fourth-order valence-corrected chi connectivity index (χ4v) is 6.38. The van der Waals surface area contributed by atoms with Crippen LogP contribution in [-0.4, -0.2) is 38.3 Å². The van der Waals surface area contributed by atoms with E-state index in [4.69, 9.17) is 16.3 Å². The van der Waals surface area contributed by atoms with Crippen molar-refractivity contribution in [2.75, 3.05) is 19.0 Å². The second-order valence-corrected chi connectivity index (χ2v) is 10.5. The fourth-order valence-electron chi connectivity index (χ4n) is 4.39. The number of nitrogens with zero attached hydrogens (tertiary/aromatic N) is 1. The number of benzene rings is 3. The lowest BCUT2D eigenvalue weighted by atomic mass is 9.95. The Bertz CT molecular complexity index is 1250. The lowest BCUT2D eigenvalue weighted by Crippen LogP contribution is -2.45. The van der Waals surface area contributed by atoms with E-state index in [9.17, 15) is 13.2 Å². The van der Waals surface area contributed by atoms with Crippen molar-refractivity contribution in [3.63, 3.8) is 0 Å². The third-order valence-electron chi connectivity index (χ3n) is 6.07. The lowest BCUT2D eigenvalue weighted by molar-refractivity contribution is -0.116. The van der Waals surface area contributed by atoms with E-state index in [0.717, 1.165) is 42.9 Å². The van der Waals surface area contributed by atoms with Gasteiger partial charge in [-0.15, -0.1) is 0 Å². The molecule has 1 fully saturated rings. The Morgan fingerprint density at radius 2 is 1.79 bits per heavy atom. The van der Waals surface area contributed by atoms with Crippen molar-refractivity contribution < 1.29 is 17.9 Å². The highest BCUT2D eigenvalue weighted by molar-refractivity contribution is 7.89. The first-order valence-corrected chi connectivity index (χ1v) is 12.8. The molecule has 0 saturated heterocycles. The summed E-state index contributed by atoms with van der Waals surface area (Å²) in [5.41, 5.74) is 0.659. The number of fused-ring (bicyclic) bond motifs is 1. The zero-order valence-electron chi connectivity index (χ0n) is 18.5. The molecule has 1 aliphatic carbocycles. The number of amides is 1. The summed E-state index contributed by atoms with van der Waals surface area (Å²) in [7, 11) is -2.47. The van der Waals surface area contributed by atoms with E-state index in [1.807, 2.05) is 42.5 Å². The summed E-state index contributed by atoms with van der Waals surface area (Å²) in [5.74, 6) is 0.0219. The fraction of sp³-hybridized carbons (Fsp3) is 0.320. The van der Waals surface area contributed by atoms with Gasteiger partial charge in [0.1, 0.15) is 5.75 Å². The molecule has 3 aromatic carbocycles. The van der Waals surface area contributed by atoms with Gasteiger partial charge in [0.2, 0.25) is 15.9 Å². The molecule has 3 aromatic rings. The summed E-state index contributed by atoms with van der Waals surface area (Å²) in [4.78, 5) is 13.1. The quantitative estimate of drug-likeness (QED) is 0.481. The number of sulfonamides is 1. The van der Waals surface area contributed by atoms with Gasteiger partial charge in [-0.3, -0.25) is 4.79 Å². The van der Waals surface area contributed by atoms with Crippen molar-refractivity contribution in [2.45, 2.75) is 43.0 Å². The van der Waals surface area contributed by atoms with Gasteiger partial charge in [-0.2, -0.15) is 4.31 Å². The Hall–Kier alpha value is -2.61. The largest absolute Gasteiger partial charge is 0.495 e. The summed E-state index contributed by atoms with van der Waals surface area (Å²) in [6.45, 7) is -0.264. The number of carbonyl (C=O) groups excluding carboxylic acids is 1. The molecule has 0 bridgehead atoms. The van der Waals surface area contributed by atoms with E-state index in [0.29, 0.717) is 11.4 Å². The smallest absolute Gasteiger partial charge is 0.243 e. The first-order chi connectivity index (χ1) is 15.9. The summed E-state index contributed by atoms with van der Waals surface area (Å²) >= 11 is 6.21. The van der Waals surface area contributed by atoms with Crippen LogP contribution < -0.4 is 10.1 Å². The maximum atomic E-state index is 13.6. The maximum absolute atomic E-state index is 13.6. The Morgan fingerprint density at radius 1 is 1.06 bits per heavy atom. The van der Waals surface area contributed by atoms with Crippen molar-refractivity contribution >= 4 is 44.0 Å². The molecule has 0 radical (unpaired) electrons. The molecule has 0 unspecified atom stereocenters. The Kier molecular flexibility index (Phi) is 7.22. The van der Waals surface area contributed by atoms with Crippen LogP contribution in [0, 0.1) is 0 Å². The van der Waals surface area contributed by atoms with Crippen molar-refractivity contribution in [2.24, 2.45) is 0 Å². The minimum absolute atomic E-state index is 0.0526. The van der Waals surface area contributed by atoms with Crippen LogP contribution in [0.4, 0.5) is 5.69 Å². The van der Waals surface area contributed by atoms with E-state index in [-0.39, 0.29) is 28.4 Å². The van der Waals surface area contributed by atoms with Gasteiger partial charge in [-0.25, -0.2) is 8.42 Å². The van der Waals surface area contributed by atoms with E-state index in [2.05, 4.69) is 5.32 Å². The lowest BCUT2D eigenvalue weighted by Gasteiger charge is -2.33. The molecule has 0 atom stereocenters. The topological polar surface area (TPSA) is 75.7 Å². The first kappa shape index (κ1) is 23.5. The van der Waals surface area contributed by atoms with Gasteiger partial charge in [0.25, 0.3) is 0 Å². The SMILES string of the molecule is COc1ccc(S(=O)(=O)N(CC(=O)Nc2cccc3ccccc23)C2CCCCC2)cc1Cl. The molecule has 1 saturated carbocycles. The van der Waals surface area contributed by atoms with Crippen molar-refractivity contribution in [3.8, 4) is 5.75 Å². The van der Waals surface area contributed by atoms with Gasteiger partial charge >= 0.3 is 0 Å². The molecule has 4 rings (SSSR count). The molecule has 33 heavy (non-hydrogen) atoms. The van der Waals surface area contributed by atoms with Crippen LogP contribution in [0.2, 0.25) is 5.02 Å². The number of hydrogen-bond acceptors (Lipinski definition) is 4. The summed E-state index contributed by atoms with van der Waals surface area (Å²) < 4.78 is 33.7. The van der Waals surface area contributed by atoms with Crippen LogP contribution in [0.3, 0.4) is 0 Å². The highest BCUT2D eigenvalue weighted by atomic mass is 35.5. The first-order valence-electron chi connectivity index (χ1n) is 11.0. The number of methoxy groups -OCH3 is 1. The number of nitrogens with one attached hydrogen (secondary N) is 1. The molecule has 0 aromatic heterocycles. The number of hydrogen-bond donors (Lipinski definition) is 1. The highest BCUT2D eigenvalue weighted by Gasteiger charge is 2.34.